The van der Waals surface area contributed by atoms with E-state index in [2.05, 4.69) is 39.2 Å². The maximum atomic E-state index is 11.1. The Morgan fingerprint density at radius 3 is 2.88 bits per heavy atom. The third-order valence-corrected chi connectivity index (χ3v) is 5.48. The summed E-state index contributed by atoms with van der Waals surface area (Å²) in [7, 11) is 0. The molecule has 1 aromatic rings. The Balaban J connectivity index is 2.11. The molecule has 0 amide bonds. The number of aliphatic carboxylic acids is 1. The first-order chi connectivity index (χ1) is 8.00. The second-order valence-electron chi connectivity index (χ2n) is 4.56. The molecule has 0 saturated carbocycles. The van der Waals surface area contributed by atoms with Gasteiger partial charge in [0.05, 0.1) is 5.92 Å². The fraction of sp³-hybridized carbons (Fsp3) is 0.583. The first-order valence-electron chi connectivity index (χ1n) is 5.73. The maximum absolute atomic E-state index is 11.1. The lowest BCUT2D eigenvalue weighted by molar-refractivity contribution is -0.142. The molecule has 17 heavy (non-hydrogen) atoms. The molecule has 3 unspecified atom stereocenters. The smallest absolute Gasteiger partial charge is 0.308 e. The molecule has 5 heteroatoms. The maximum Gasteiger partial charge on any atom is 0.308 e. The summed E-state index contributed by atoms with van der Waals surface area (Å²) in [6.45, 7) is 5.04. The quantitative estimate of drug-likeness (QED) is 0.929. The molecular formula is C12H16BrNO2S. The average molecular weight is 318 g/mol. The van der Waals surface area contributed by atoms with Crippen molar-refractivity contribution in [1.82, 2.24) is 4.90 Å². The van der Waals surface area contributed by atoms with Gasteiger partial charge >= 0.3 is 5.97 Å². The summed E-state index contributed by atoms with van der Waals surface area (Å²) in [5, 5.41) is 11.2. The summed E-state index contributed by atoms with van der Waals surface area (Å²) in [6, 6.07) is 2.53. The molecular weight excluding hydrogens is 302 g/mol. The molecule has 94 valence electrons. The van der Waals surface area contributed by atoms with Crippen molar-refractivity contribution in [2.45, 2.75) is 32.4 Å². The Labute approximate surface area is 114 Å². The van der Waals surface area contributed by atoms with Crippen LogP contribution in [-0.4, -0.2) is 28.6 Å². The zero-order chi connectivity index (χ0) is 12.6. The zero-order valence-electron chi connectivity index (χ0n) is 9.89. The fourth-order valence-corrected chi connectivity index (χ4v) is 4.07. The zero-order valence-corrected chi connectivity index (χ0v) is 12.3. The molecule has 2 rings (SSSR count). The largest absolute Gasteiger partial charge is 0.481 e. The first-order valence-corrected chi connectivity index (χ1v) is 7.40. The lowest BCUT2D eigenvalue weighted by atomic mass is 10.0. The van der Waals surface area contributed by atoms with E-state index in [1.54, 1.807) is 11.3 Å². The second-order valence-corrected chi connectivity index (χ2v) is 6.41. The molecule has 1 saturated heterocycles. The highest BCUT2D eigenvalue weighted by atomic mass is 79.9. The second kappa shape index (κ2) is 5.08. The summed E-state index contributed by atoms with van der Waals surface area (Å²) < 4.78 is 1.10. The summed E-state index contributed by atoms with van der Waals surface area (Å²) in [5.74, 6) is -0.889. The van der Waals surface area contributed by atoms with E-state index in [-0.39, 0.29) is 12.0 Å². The summed E-state index contributed by atoms with van der Waals surface area (Å²) in [6.07, 6.45) is 0.757. The van der Waals surface area contributed by atoms with Gasteiger partial charge in [-0.1, -0.05) is 0 Å². The van der Waals surface area contributed by atoms with Crippen LogP contribution in [0.4, 0.5) is 0 Å². The van der Waals surface area contributed by atoms with Crippen LogP contribution in [0.2, 0.25) is 0 Å². The molecule has 0 bridgehead atoms. The number of carboxylic acid groups (broad SMARTS) is 1. The van der Waals surface area contributed by atoms with Gasteiger partial charge in [-0.2, -0.15) is 0 Å². The van der Waals surface area contributed by atoms with E-state index in [9.17, 15) is 4.79 Å². The van der Waals surface area contributed by atoms with E-state index in [0.29, 0.717) is 6.04 Å². The summed E-state index contributed by atoms with van der Waals surface area (Å²) in [5.41, 5.74) is 0. The van der Waals surface area contributed by atoms with Gasteiger partial charge in [0.2, 0.25) is 0 Å². The molecule has 1 fully saturated rings. The van der Waals surface area contributed by atoms with Crippen LogP contribution in [0.15, 0.2) is 15.9 Å². The van der Waals surface area contributed by atoms with Crippen molar-refractivity contribution in [2.24, 2.45) is 5.92 Å². The van der Waals surface area contributed by atoms with Crippen LogP contribution in [0, 0.1) is 5.92 Å². The van der Waals surface area contributed by atoms with Crippen LogP contribution < -0.4 is 0 Å². The fourth-order valence-electron chi connectivity index (χ4n) is 2.55. The van der Waals surface area contributed by atoms with Crippen molar-refractivity contribution in [1.29, 1.82) is 0 Å². The van der Waals surface area contributed by atoms with Gasteiger partial charge in [-0.25, -0.2) is 0 Å². The van der Waals surface area contributed by atoms with E-state index < -0.39 is 5.97 Å². The Kier molecular flexibility index (Phi) is 3.90. The monoisotopic (exact) mass is 317 g/mol. The molecule has 3 atom stereocenters. The van der Waals surface area contributed by atoms with Crippen LogP contribution >= 0.6 is 27.3 Å². The number of likely N-dealkylation sites (tertiary alicyclic amines) is 1. The highest BCUT2D eigenvalue weighted by Gasteiger charge is 2.38. The van der Waals surface area contributed by atoms with Gasteiger partial charge in [0, 0.05) is 26.8 Å². The van der Waals surface area contributed by atoms with Crippen molar-refractivity contribution in [3.05, 3.63) is 20.8 Å². The van der Waals surface area contributed by atoms with Gasteiger partial charge in [-0.05, 0) is 48.8 Å². The number of halogens is 1. The van der Waals surface area contributed by atoms with E-state index >= 15 is 0 Å². The number of thiophene rings is 1. The number of carbonyl (C=O) groups is 1. The molecule has 2 heterocycles. The minimum absolute atomic E-state index is 0.114. The molecule has 0 spiro atoms. The lowest BCUT2D eigenvalue weighted by Crippen LogP contribution is -2.34. The van der Waals surface area contributed by atoms with Crippen molar-refractivity contribution in [3.8, 4) is 0 Å². The predicted molar refractivity (Wildman–Crippen MR) is 72.3 cm³/mol. The molecule has 1 aliphatic heterocycles. The Hall–Kier alpha value is -0.390. The molecule has 1 aliphatic rings. The van der Waals surface area contributed by atoms with Crippen LogP contribution in [0.5, 0.6) is 0 Å². The van der Waals surface area contributed by atoms with Crippen LogP contribution in [-0.2, 0) is 4.79 Å². The minimum atomic E-state index is -0.667. The molecule has 0 aromatic carbocycles. The van der Waals surface area contributed by atoms with Crippen LogP contribution in [0.1, 0.15) is 31.2 Å². The van der Waals surface area contributed by atoms with Crippen molar-refractivity contribution in [3.63, 3.8) is 0 Å². The normalized spacial score (nSPS) is 27.2. The van der Waals surface area contributed by atoms with Crippen molar-refractivity contribution >= 4 is 33.2 Å². The van der Waals surface area contributed by atoms with Gasteiger partial charge in [-0.15, -0.1) is 11.3 Å². The van der Waals surface area contributed by atoms with Gasteiger partial charge < -0.3 is 5.11 Å². The number of hydrogen-bond acceptors (Lipinski definition) is 3. The standard InChI is InChI=1S/C12H16BrNO2S/c1-7-10(12(15)16)3-4-14(7)8(2)11-5-9(13)6-17-11/h5-8,10H,3-4H2,1-2H3,(H,15,16). The number of rotatable bonds is 3. The Bertz CT molecular complexity index is 420. The van der Waals surface area contributed by atoms with E-state index in [0.717, 1.165) is 17.4 Å². The van der Waals surface area contributed by atoms with Gasteiger partial charge in [0.1, 0.15) is 0 Å². The van der Waals surface area contributed by atoms with Gasteiger partial charge in [0.25, 0.3) is 0 Å². The van der Waals surface area contributed by atoms with Gasteiger partial charge in [0.15, 0.2) is 0 Å². The molecule has 3 nitrogen and oxygen atoms in total. The topological polar surface area (TPSA) is 40.5 Å². The highest BCUT2D eigenvalue weighted by Crippen LogP contribution is 2.35. The number of nitrogens with zero attached hydrogens (tertiary/aromatic N) is 1. The predicted octanol–water partition coefficient (Wildman–Crippen LogP) is 3.37. The van der Waals surface area contributed by atoms with Crippen molar-refractivity contribution < 1.29 is 9.90 Å². The van der Waals surface area contributed by atoms with E-state index in [4.69, 9.17) is 5.11 Å². The third-order valence-electron chi connectivity index (χ3n) is 3.62. The number of hydrogen-bond donors (Lipinski definition) is 1. The first kappa shape index (κ1) is 13.1. The molecule has 1 N–H and O–H groups in total. The van der Waals surface area contributed by atoms with E-state index in [1.165, 1.54) is 4.88 Å². The minimum Gasteiger partial charge on any atom is -0.481 e. The van der Waals surface area contributed by atoms with Crippen LogP contribution in [0.3, 0.4) is 0 Å². The summed E-state index contributed by atoms with van der Waals surface area (Å²) >= 11 is 5.18. The van der Waals surface area contributed by atoms with E-state index in [1.807, 2.05) is 6.92 Å². The summed E-state index contributed by atoms with van der Waals surface area (Å²) in [4.78, 5) is 14.7. The van der Waals surface area contributed by atoms with Crippen molar-refractivity contribution in [2.75, 3.05) is 6.54 Å². The molecule has 0 radical (unpaired) electrons. The Morgan fingerprint density at radius 1 is 1.71 bits per heavy atom. The Morgan fingerprint density at radius 2 is 2.41 bits per heavy atom. The third kappa shape index (κ3) is 2.56. The SMILES string of the molecule is CC(c1cc(Br)cs1)N1CCC(C(=O)O)C1C. The lowest BCUT2D eigenvalue weighted by Gasteiger charge is -2.28. The molecule has 0 aliphatic carbocycles. The average Bonchev–Trinajstić information content (AvgIpc) is 2.83. The van der Waals surface area contributed by atoms with Crippen LogP contribution in [0.25, 0.3) is 0 Å². The molecule has 1 aromatic heterocycles. The number of carboxylic acids is 1. The highest BCUT2D eigenvalue weighted by molar-refractivity contribution is 9.10. The van der Waals surface area contributed by atoms with Gasteiger partial charge in [-0.3, -0.25) is 9.69 Å².